The molecule has 1 saturated carbocycles. The van der Waals surface area contributed by atoms with Crippen molar-refractivity contribution in [2.24, 2.45) is 11.3 Å². The lowest BCUT2D eigenvalue weighted by Crippen LogP contribution is -2.50. The second kappa shape index (κ2) is 9.16. The zero-order chi connectivity index (χ0) is 20.1. The molecule has 0 spiro atoms. The van der Waals surface area contributed by atoms with Crippen molar-refractivity contribution in [3.8, 4) is 6.07 Å². The van der Waals surface area contributed by atoms with E-state index in [1.165, 1.54) is 7.11 Å². The average Bonchev–Trinajstić information content (AvgIpc) is 2.64. The SMILES string of the molecule is COC(=O)CCNC(=O)[C@@H]1O[P@@](=O)(OC2CCC(C#N)CC2)OCC1(C)C. The largest absolute Gasteiger partial charge is 0.475 e. The molecule has 1 saturated heterocycles. The van der Waals surface area contributed by atoms with Gasteiger partial charge in [0, 0.05) is 17.9 Å². The third kappa shape index (κ3) is 6.01. The number of esters is 1. The summed E-state index contributed by atoms with van der Waals surface area (Å²) in [4.78, 5) is 23.6. The van der Waals surface area contributed by atoms with Gasteiger partial charge in [-0.3, -0.25) is 23.2 Å². The first-order valence-corrected chi connectivity index (χ1v) is 10.5. The summed E-state index contributed by atoms with van der Waals surface area (Å²) in [7, 11) is -2.62. The number of phosphoric acid groups is 1. The quantitative estimate of drug-likeness (QED) is 0.530. The van der Waals surface area contributed by atoms with Crippen molar-refractivity contribution in [1.29, 1.82) is 5.26 Å². The Kier molecular flexibility index (Phi) is 7.40. The van der Waals surface area contributed by atoms with E-state index < -0.39 is 31.2 Å². The fourth-order valence-electron chi connectivity index (χ4n) is 3.04. The van der Waals surface area contributed by atoms with Crippen LogP contribution in [0.2, 0.25) is 0 Å². The van der Waals surface area contributed by atoms with E-state index in [0.717, 1.165) is 0 Å². The van der Waals surface area contributed by atoms with Crippen LogP contribution in [0.3, 0.4) is 0 Å². The lowest BCUT2D eigenvalue weighted by molar-refractivity contribution is -0.143. The van der Waals surface area contributed by atoms with Crippen LogP contribution in [0.5, 0.6) is 0 Å². The Morgan fingerprint density at radius 3 is 2.56 bits per heavy atom. The van der Waals surface area contributed by atoms with Crippen molar-refractivity contribution in [2.75, 3.05) is 20.3 Å². The van der Waals surface area contributed by atoms with E-state index in [-0.39, 0.29) is 31.6 Å². The molecule has 2 fully saturated rings. The standard InChI is InChI=1S/C17H27N2O7P/c1-17(2)11-24-27(22,25-13-6-4-12(10-18)5-7-13)26-15(17)16(21)19-9-8-14(20)23-3/h12-13,15H,4-9,11H2,1-3H3,(H,19,21)/t12?,13?,15-,27+/m0/s1. The lowest BCUT2D eigenvalue weighted by atomic mass is 9.87. The van der Waals surface area contributed by atoms with E-state index in [1.54, 1.807) is 13.8 Å². The van der Waals surface area contributed by atoms with Crippen LogP contribution >= 0.6 is 7.82 Å². The molecule has 0 unspecified atom stereocenters. The van der Waals surface area contributed by atoms with E-state index in [4.69, 9.17) is 18.8 Å². The average molecular weight is 402 g/mol. The fraction of sp³-hybridized carbons (Fsp3) is 0.824. The summed E-state index contributed by atoms with van der Waals surface area (Å²) >= 11 is 0. The van der Waals surface area contributed by atoms with Crippen LogP contribution in [-0.2, 0) is 32.5 Å². The van der Waals surface area contributed by atoms with E-state index >= 15 is 0 Å². The summed E-state index contributed by atoms with van der Waals surface area (Å²) in [5.41, 5.74) is -0.717. The van der Waals surface area contributed by atoms with Gasteiger partial charge >= 0.3 is 13.8 Å². The highest BCUT2D eigenvalue weighted by molar-refractivity contribution is 7.48. The monoisotopic (exact) mass is 402 g/mol. The number of carbonyl (C=O) groups is 2. The van der Waals surface area contributed by atoms with Gasteiger partial charge in [0.1, 0.15) is 0 Å². The van der Waals surface area contributed by atoms with E-state index in [9.17, 15) is 14.2 Å². The number of phosphoric ester groups is 1. The van der Waals surface area contributed by atoms with Gasteiger partial charge in [0.15, 0.2) is 6.10 Å². The predicted molar refractivity (Wildman–Crippen MR) is 94.3 cm³/mol. The van der Waals surface area contributed by atoms with Crippen molar-refractivity contribution in [3.05, 3.63) is 0 Å². The molecule has 1 heterocycles. The molecule has 2 rings (SSSR count). The van der Waals surface area contributed by atoms with Crippen LogP contribution < -0.4 is 5.32 Å². The summed E-state index contributed by atoms with van der Waals surface area (Å²) in [6.07, 6.45) is 1.19. The van der Waals surface area contributed by atoms with Gasteiger partial charge < -0.3 is 10.1 Å². The Bertz CT molecular complexity index is 638. The number of hydrogen-bond acceptors (Lipinski definition) is 8. The molecule has 1 aliphatic carbocycles. The second-order valence-electron chi connectivity index (χ2n) is 7.52. The molecule has 2 aliphatic rings. The Balaban J connectivity index is 1.94. The van der Waals surface area contributed by atoms with Gasteiger partial charge in [-0.2, -0.15) is 5.26 Å². The van der Waals surface area contributed by atoms with Gasteiger partial charge in [0.05, 0.1) is 32.3 Å². The lowest BCUT2D eigenvalue weighted by Gasteiger charge is -2.40. The van der Waals surface area contributed by atoms with Crippen molar-refractivity contribution in [1.82, 2.24) is 5.32 Å². The number of methoxy groups -OCH3 is 1. The zero-order valence-corrected chi connectivity index (χ0v) is 16.8. The van der Waals surface area contributed by atoms with Gasteiger partial charge in [-0.15, -0.1) is 0 Å². The van der Waals surface area contributed by atoms with E-state index in [2.05, 4.69) is 16.1 Å². The predicted octanol–water partition coefficient (Wildman–Crippen LogP) is 2.31. The molecule has 2 atom stereocenters. The molecule has 0 radical (unpaired) electrons. The first-order valence-electron chi connectivity index (χ1n) is 9.04. The maximum atomic E-state index is 12.9. The second-order valence-corrected chi connectivity index (χ2v) is 9.09. The number of rotatable bonds is 6. The number of nitriles is 1. The highest BCUT2D eigenvalue weighted by Gasteiger charge is 2.50. The zero-order valence-electron chi connectivity index (χ0n) is 15.9. The van der Waals surface area contributed by atoms with Crippen LogP contribution in [0.4, 0.5) is 0 Å². The molecule has 152 valence electrons. The van der Waals surface area contributed by atoms with Crippen LogP contribution in [0, 0.1) is 22.7 Å². The third-order valence-electron chi connectivity index (χ3n) is 4.77. The number of amides is 1. The van der Waals surface area contributed by atoms with E-state index in [0.29, 0.717) is 25.7 Å². The highest BCUT2D eigenvalue weighted by Crippen LogP contribution is 2.58. The minimum Gasteiger partial charge on any atom is -0.469 e. The molecule has 1 N–H and O–H groups in total. The molecule has 1 aliphatic heterocycles. The first kappa shape index (κ1) is 21.8. The highest BCUT2D eigenvalue weighted by atomic mass is 31.2. The summed E-state index contributed by atoms with van der Waals surface area (Å²) in [6.45, 7) is 3.65. The van der Waals surface area contributed by atoms with Gasteiger partial charge in [-0.25, -0.2) is 4.57 Å². The van der Waals surface area contributed by atoms with Crippen molar-refractivity contribution >= 4 is 19.7 Å². The molecule has 0 aromatic rings. The summed E-state index contributed by atoms with van der Waals surface area (Å²) in [5, 5.41) is 11.6. The molecular weight excluding hydrogens is 375 g/mol. The molecule has 1 amide bonds. The summed E-state index contributed by atoms with van der Waals surface area (Å²) < 4.78 is 33.9. The molecule has 27 heavy (non-hydrogen) atoms. The Morgan fingerprint density at radius 1 is 1.30 bits per heavy atom. The number of nitrogens with zero attached hydrogens (tertiary/aromatic N) is 1. The third-order valence-corrected chi connectivity index (χ3v) is 6.24. The number of ether oxygens (including phenoxy) is 1. The minimum atomic E-state index is -3.89. The normalized spacial score (nSPS) is 32.9. The van der Waals surface area contributed by atoms with Crippen molar-refractivity contribution in [3.63, 3.8) is 0 Å². The maximum absolute atomic E-state index is 12.9. The van der Waals surface area contributed by atoms with Crippen LogP contribution in [-0.4, -0.2) is 44.3 Å². The molecule has 9 nitrogen and oxygen atoms in total. The first-order chi connectivity index (χ1) is 12.7. The fourth-order valence-corrected chi connectivity index (χ4v) is 4.92. The Hall–Kier alpha value is -1.46. The summed E-state index contributed by atoms with van der Waals surface area (Å²) in [5.74, 6) is -0.931. The van der Waals surface area contributed by atoms with Crippen LogP contribution in [0.25, 0.3) is 0 Å². The Morgan fingerprint density at radius 2 is 1.96 bits per heavy atom. The molecule has 10 heteroatoms. The Labute approximate surface area is 159 Å². The number of nitrogens with one attached hydrogen (secondary N) is 1. The maximum Gasteiger partial charge on any atom is 0.475 e. The molecule has 0 aromatic carbocycles. The van der Waals surface area contributed by atoms with E-state index in [1.807, 2.05) is 0 Å². The molecule has 0 aromatic heterocycles. The van der Waals surface area contributed by atoms with Crippen LogP contribution in [0.1, 0.15) is 46.0 Å². The van der Waals surface area contributed by atoms with Crippen molar-refractivity contribution in [2.45, 2.75) is 58.2 Å². The molecular formula is C17H27N2O7P. The van der Waals surface area contributed by atoms with Gasteiger partial charge in [-0.05, 0) is 25.7 Å². The van der Waals surface area contributed by atoms with Gasteiger partial charge in [-0.1, -0.05) is 13.8 Å². The minimum absolute atomic E-state index is 0.00810. The molecule has 0 bridgehead atoms. The number of hydrogen-bond donors (Lipinski definition) is 1. The number of carbonyl (C=O) groups excluding carboxylic acids is 2. The smallest absolute Gasteiger partial charge is 0.469 e. The van der Waals surface area contributed by atoms with Gasteiger partial charge in [0.25, 0.3) is 0 Å². The van der Waals surface area contributed by atoms with Crippen LogP contribution in [0.15, 0.2) is 0 Å². The van der Waals surface area contributed by atoms with Crippen molar-refractivity contribution < 1.29 is 32.5 Å². The van der Waals surface area contributed by atoms with Gasteiger partial charge in [0.2, 0.25) is 5.91 Å². The summed E-state index contributed by atoms with van der Waals surface area (Å²) in [6, 6.07) is 2.23. The topological polar surface area (TPSA) is 124 Å².